The highest BCUT2D eigenvalue weighted by Gasteiger charge is 2.30. The molecule has 1 aromatic heterocycles. The van der Waals surface area contributed by atoms with E-state index in [-0.39, 0.29) is 5.92 Å². The number of hydrogen-bond acceptors (Lipinski definition) is 2. The number of carbonyl (C=O) groups excluding carboxylic acids is 1. The molecule has 0 aromatic carbocycles. The second kappa shape index (κ2) is 4.86. The van der Waals surface area contributed by atoms with Crippen molar-refractivity contribution in [2.24, 2.45) is 5.92 Å². The average Bonchev–Trinajstić information content (AvgIpc) is 3.07. The molecule has 0 amide bonds. The summed E-state index contributed by atoms with van der Waals surface area (Å²) in [7, 11) is 0. The van der Waals surface area contributed by atoms with E-state index in [2.05, 4.69) is 25.5 Å². The molecule has 1 aliphatic rings. The van der Waals surface area contributed by atoms with Gasteiger partial charge in [0.2, 0.25) is 0 Å². The second-order valence-electron chi connectivity index (χ2n) is 5.07. The van der Waals surface area contributed by atoms with Gasteiger partial charge in [0.15, 0.2) is 6.29 Å². The van der Waals surface area contributed by atoms with Gasteiger partial charge in [-0.2, -0.15) is 5.10 Å². The molecule has 2 unspecified atom stereocenters. The van der Waals surface area contributed by atoms with Crippen LogP contribution in [0.4, 0.5) is 0 Å². The highest BCUT2D eigenvalue weighted by molar-refractivity contribution is 5.76. The summed E-state index contributed by atoms with van der Waals surface area (Å²) in [5, 5.41) is 4.60. The quantitative estimate of drug-likeness (QED) is 0.557. The van der Waals surface area contributed by atoms with Gasteiger partial charge < -0.3 is 0 Å². The Morgan fingerprint density at radius 3 is 2.82 bits per heavy atom. The minimum atomic E-state index is 0.264. The molecular formula is C14H20N2O. The van der Waals surface area contributed by atoms with Crippen LogP contribution in [0.15, 0.2) is 18.9 Å². The van der Waals surface area contributed by atoms with Crippen LogP contribution < -0.4 is 0 Å². The fraction of sp³-hybridized carbons (Fsp3) is 0.571. The lowest BCUT2D eigenvalue weighted by Crippen LogP contribution is -2.08. The topological polar surface area (TPSA) is 34.9 Å². The Balaban J connectivity index is 2.24. The Morgan fingerprint density at radius 2 is 2.29 bits per heavy atom. The lowest BCUT2D eigenvalue weighted by molar-refractivity contribution is 0.112. The third-order valence-corrected chi connectivity index (χ3v) is 3.63. The van der Waals surface area contributed by atoms with Crippen LogP contribution in [0.3, 0.4) is 0 Å². The van der Waals surface area contributed by atoms with Gasteiger partial charge in [-0.3, -0.25) is 9.48 Å². The highest BCUT2D eigenvalue weighted by atomic mass is 16.1. The summed E-state index contributed by atoms with van der Waals surface area (Å²) in [6.45, 7) is 8.01. The zero-order valence-electron chi connectivity index (χ0n) is 10.6. The van der Waals surface area contributed by atoms with Crippen LogP contribution in [0.25, 0.3) is 0 Å². The minimum Gasteiger partial charge on any atom is -0.298 e. The summed E-state index contributed by atoms with van der Waals surface area (Å²) in [5.74, 6) is 1.01. The maximum atomic E-state index is 11.1. The van der Waals surface area contributed by atoms with Gasteiger partial charge in [-0.1, -0.05) is 13.0 Å². The maximum absolute atomic E-state index is 11.1. The van der Waals surface area contributed by atoms with E-state index in [1.54, 1.807) is 0 Å². The summed E-state index contributed by atoms with van der Waals surface area (Å²) in [6.07, 6.45) is 8.12. The third kappa shape index (κ3) is 2.48. The van der Waals surface area contributed by atoms with E-state index in [1.807, 2.05) is 17.0 Å². The van der Waals surface area contributed by atoms with Gasteiger partial charge in [0, 0.05) is 12.1 Å². The molecule has 1 saturated carbocycles. The largest absolute Gasteiger partial charge is 0.298 e. The monoisotopic (exact) mass is 232 g/mol. The van der Waals surface area contributed by atoms with Crippen LogP contribution in [-0.2, 0) is 0 Å². The molecule has 1 fully saturated rings. The Hall–Kier alpha value is -1.38. The van der Waals surface area contributed by atoms with Crippen LogP contribution in [-0.4, -0.2) is 16.1 Å². The zero-order chi connectivity index (χ0) is 12.4. The van der Waals surface area contributed by atoms with Crippen LogP contribution in [0.1, 0.15) is 61.1 Å². The first-order chi connectivity index (χ1) is 8.17. The van der Waals surface area contributed by atoms with Crippen molar-refractivity contribution < 1.29 is 4.79 Å². The van der Waals surface area contributed by atoms with Crippen molar-refractivity contribution in [3.05, 3.63) is 30.1 Å². The summed E-state index contributed by atoms with van der Waals surface area (Å²) >= 11 is 0. The molecule has 2 atom stereocenters. The Morgan fingerprint density at radius 1 is 1.59 bits per heavy atom. The fourth-order valence-corrected chi connectivity index (χ4v) is 2.26. The van der Waals surface area contributed by atoms with Gasteiger partial charge in [-0.05, 0) is 32.1 Å². The summed E-state index contributed by atoms with van der Waals surface area (Å²) < 4.78 is 1.97. The van der Waals surface area contributed by atoms with Crippen molar-refractivity contribution in [3.8, 4) is 0 Å². The van der Waals surface area contributed by atoms with Gasteiger partial charge in [-0.15, -0.1) is 6.58 Å². The van der Waals surface area contributed by atoms with E-state index in [1.165, 1.54) is 12.8 Å². The van der Waals surface area contributed by atoms with Crippen molar-refractivity contribution in [2.45, 2.75) is 45.1 Å². The standard InChI is InChI=1S/C14H20N2O/c1-4-5-10(2)14-13(9-17)8-16(15-14)11(3)12-6-7-12/h4,8-12H,1,5-7H2,2-3H3. The first-order valence-corrected chi connectivity index (χ1v) is 6.32. The fourth-order valence-electron chi connectivity index (χ4n) is 2.26. The van der Waals surface area contributed by atoms with Crippen molar-refractivity contribution >= 4 is 6.29 Å². The molecular weight excluding hydrogens is 212 g/mol. The zero-order valence-corrected chi connectivity index (χ0v) is 10.6. The van der Waals surface area contributed by atoms with Gasteiger partial charge in [0.1, 0.15) is 0 Å². The number of aromatic nitrogens is 2. The number of hydrogen-bond donors (Lipinski definition) is 0. The molecule has 17 heavy (non-hydrogen) atoms. The number of allylic oxidation sites excluding steroid dienone is 1. The first kappa shape index (κ1) is 12.1. The number of rotatable bonds is 6. The van der Waals surface area contributed by atoms with E-state index in [0.717, 1.165) is 29.9 Å². The normalized spacial score (nSPS) is 18.7. The van der Waals surface area contributed by atoms with Crippen molar-refractivity contribution in [2.75, 3.05) is 0 Å². The molecule has 3 nitrogen and oxygen atoms in total. The molecule has 1 aliphatic carbocycles. The Kier molecular flexibility index (Phi) is 3.46. The molecule has 0 N–H and O–H groups in total. The van der Waals surface area contributed by atoms with E-state index < -0.39 is 0 Å². The van der Waals surface area contributed by atoms with Crippen LogP contribution >= 0.6 is 0 Å². The number of nitrogens with zero attached hydrogens (tertiary/aromatic N) is 2. The second-order valence-corrected chi connectivity index (χ2v) is 5.07. The lowest BCUT2D eigenvalue weighted by Gasteiger charge is -2.10. The number of aldehydes is 1. The molecule has 0 aliphatic heterocycles. The predicted octanol–water partition coefficient (Wildman–Crippen LogP) is 3.35. The predicted molar refractivity (Wildman–Crippen MR) is 68.3 cm³/mol. The molecule has 0 radical (unpaired) electrons. The smallest absolute Gasteiger partial charge is 0.153 e. The van der Waals surface area contributed by atoms with Gasteiger partial charge in [0.05, 0.1) is 17.3 Å². The van der Waals surface area contributed by atoms with Gasteiger partial charge in [-0.25, -0.2) is 0 Å². The van der Waals surface area contributed by atoms with Crippen molar-refractivity contribution in [1.82, 2.24) is 9.78 Å². The minimum absolute atomic E-state index is 0.264. The summed E-state index contributed by atoms with van der Waals surface area (Å²) in [4.78, 5) is 11.1. The maximum Gasteiger partial charge on any atom is 0.153 e. The van der Waals surface area contributed by atoms with Crippen molar-refractivity contribution in [3.63, 3.8) is 0 Å². The molecule has 0 spiro atoms. The highest BCUT2D eigenvalue weighted by Crippen LogP contribution is 2.39. The van der Waals surface area contributed by atoms with Crippen molar-refractivity contribution in [1.29, 1.82) is 0 Å². The molecule has 1 heterocycles. The van der Waals surface area contributed by atoms with Gasteiger partial charge in [0.25, 0.3) is 0 Å². The van der Waals surface area contributed by atoms with E-state index >= 15 is 0 Å². The molecule has 0 bridgehead atoms. The van der Waals surface area contributed by atoms with Crippen LogP contribution in [0.2, 0.25) is 0 Å². The first-order valence-electron chi connectivity index (χ1n) is 6.32. The summed E-state index contributed by atoms with van der Waals surface area (Å²) in [5.41, 5.74) is 1.64. The van der Waals surface area contributed by atoms with E-state index in [0.29, 0.717) is 6.04 Å². The molecule has 2 rings (SSSR count). The van der Waals surface area contributed by atoms with E-state index in [4.69, 9.17) is 0 Å². The van der Waals surface area contributed by atoms with Gasteiger partial charge >= 0.3 is 0 Å². The molecule has 0 saturated heterocycles. The Labute approximate surface area is 103 Å². The molecule has 3 heteroatoms. The molecule has 92 valence electrons. The summed E-state index contributed by atoms with van der Waals surface area (Å²) in [6, 6.07) is 0.415. The van der Waals surface area contributed by atoms with E-state index in [9.17, 15) is 4.79 Å². The molecule has 1 aromatic rings. The van der Waals surface area contributed by atoms with Crippen LogP contribution in [0, 0.1) is 5.92 Å². The average molecular weight is 232 g/mol. The third-order valence-electron chi connectivity index (χ3n) is 3.63. The lowest BCUT2D eigenvalue weighted by atomic mass is 10.0. The number of carbonyl (C=O) groups is 1. The van der Waals surface area contributed by atoms with Crippen LogP contribution in [0.5, 0.6) is 0 Å². The SMILES string of the molecule is C=CCC(C)c1nn(C(C)C2CC2)cc1C=O. The Bertz CT molecular complexity index is 418.